The minimum absolute atomic E-state index is 0.0474. The zero-order valence-corrected chi connectivity index (χ0v) is 10.1. The van der Waals surface area contributed by atoms with Crippen molar-refractivity contribution in [2.24, 2.45) is 5.92 Å². The van der Waals surface area contributed by atoms with Crippen LogP contribution in [0.1, 0.15) is 24.8 Å². The summed E-state index contributed by atoms with van der Waals surface area (Å²) >= 11 is 0. The molecule has 1 aromatic rings. The van der Waals surface area contributed by atoms with Crippen LogP contribution in [-0.4, -0.2) is 10.8 Å². The molecule has 2 atom stereocenters. The van der Waals surface area contributed by atoms with Gasteiger partial charge < -0.3 is 5.32 Å². The first-order valence-corrected chi connectivity index (χ1v) is 5.74. The van der Waals surface area contributed by atoms with E-state index in [1.807, 2.05) is 6.92 Å². The zero-order valence-electron chi connectivity index (χ0n) is 10.1. The fraction of sp³-hybridized carbons (Fsp3) is 0.308. The van der Waals surface area contributed by atoms with Gasteiger partial charge in [0, 0.05) is 29.7 Å². The fourth-order valence-electron chi connectivity index (χ4n) is 2.29. The second-order valence-electron chi connectivity index (χ2n) is 4.44. The highest BCUT2D eigenvalue weighted by Crippen LogP contribution is 2.39. The Labute approximate surface area is 105 Å². The SMILES string of the molecule is C=CCC1c2cc([N+](=O)[O-])ccc2NC(=O)C1C. The Balaban J connectivity index is 2.51. The van der Waals surface area contributed by atoms with E-state index in [9.17, 15) is 14.9 Å². The molecular weight excluding hydrogens is 232 g/mol. The smallest absolute Gasteiger partial charge is 0.269 e. The predicted molar refractivity (Wildman–Crippen MR) is 68.4 cm³/mol. The number of hydrogen-bond donors (Lipinski definition) is 1. The van der Waals surface area contributed by atoms with Crippen molar-refractivity contribution in [1.29, 1.82) is 0 Å². The summed E-state index contributed by atoms with van der Waals surface area (Å²) in [4.78, 5) is 22.2. The minimum atomic E-state index is -0.424. The van der Waals surface area contributed by atoms with Gasteiger partial charge >= 0.3 is 0 Å². The molecular formula is C13H14N2O3. The number of fused-ring (bicyclic) bond motifs is 1. The molecule has 0 bridgehead atoms. The number of nitrogens with zero attached hydrogens (tertiary/aromatic N) is 1. The molecule has 94 valence electrons. The van der Waals surface area contributed by atoms with Crippen LogP contribution in [-0.2, 0) is 4.79 Å². The Morgan fingerprint density at radius 2 is 2.28 bits per heavy atom. The average molecular weight is 246 g/mol. The van der Waals surface area contributed by atoms with Gasteiger partial charge in [-0.3, -0.25) is 14.9 Å². The lowest BCUT2D eigenvalue weighted by Gasteiger charge is -2.30. The molecule has 0 saturated heterocycles. The molecule has 1 heterocycles. The molecule has 18 heavy (non-hydrogen) atoms. The Bertz CT molecular complexity index is 525. The number of carbonyl (C=O) groups excluding carboxylic acids is 1. The van der Waals surface area contributed by atoms with Gasteiger partial charge in [-0.05, 0) is 18.1 Å². The maximum atomic E-state index is 11.8. The maximum absolute atomic E-state index is 11.8. The molecule has 5 nitrogen and oxygen atoms in total. The molecule has 0 spiro atoms. The van der Waals surface area contributed by atoms with E-state index in [4.69, 9.17) is 0 Å². The van der Waals surface area contributed by atoms with Gasteiger partial charge in [0.1, 0.15) is 0 Å². The van der Waals surface area contributed by atoms with Crippen LogP contribution in [0.4, 0.5) is 11.4 Å². The van der Waals surface area contributed by atoms with E-state index in [-0.39, 0.29) is 23.4 Å². The summed E-state index contributed by atoms with van der Waals surface area (Å²) in [7, 11) is 0. The van der Waals surface area contributed by atoms with E-state index in [1.54, 1.807) is 18.2 Å². The van der Waals surface area contributed by atoms with Gasteiger partial charge in [0.05, 0.1) is 4.92 Å². The van der Waals surface area contributed by atoms with Gasteiger partial charge in [-0.1, -0.05) is 13.0 Å². The highest BCUT2D eigenvalue weighted by atomic mass is 16.6. The van der Waals surface area contributed by atoms with Crippen LogP contribution in [0.25, 0.3) is 0 Å². The third-order valence-electron chi connectivity index (χ3n) is 3.34. The van der Waals surface area contributed by atoms with E-state index in [0.29, 0.717) is 12.1 Å². The van der Waals surface area contributed by atoms with E-state index >= 15 is 0 Å². The number of rotatable bonds is 3. The number of non-ortho nitro benzene ring substituents is 1. The topological polar surface area (TPSA) is 72.2 Å². The molecule has 0 radical (unpaired) electrons. The summed E-state index contributed by atoms with van der Waals surface area (Å²) in [6, 6.07) is 4.53. The third-order valence-corrected chi connectivity index (χ3v) is 3.34. The summed E-state index contributed by atoms with van der Waals surface area (Å²) < 4.78 is 0. The number of hydrogen-bond acceptors (Lipinski definition) is 3. The minimum Gasteiger partial charge on any atom is -0.326 e. The predicted octanol–water partition coefficient (Wildman–Crippen LogP) is 2.84. The quantitative estimate of drug-likeness (QED) is 0.506. The van der Waals surface area contributed by atoms with Gasteiger partial charge in [-0.15, -0.1) is 6.58 Å². The van der Waals surface area contributed by atoms with Gasteiger partial charge in [-0.2, -0.15) is 0 Å². The van der Waals surface area contributed by atoms with Crippen molar-refractivity contribution in [3.63, 3.8) is 0 Å². The Morgan fingerprint density at radius 1 is 1.56 bits per heavy atom. The van der Waals surface area contributed by atoms with Crippen LogP contribution in [0.3, 0.4) is 0 Å². The number of nitro groups is 1. The second kappa shape index (κ2) is 4.60. The molecule has 5 heteroatoms. The number of anilines is 1. The van der Waals surface area contributed by atoms with Gasteiger partial charge in [0.2, 0.25) is 5.91 Å². The van der Waals surface area contributed by atoms with Gasteiger partial charge in [0.25, 0.3) is 5.69 Å². The van der Waals surface area contributed by atoms with Crippen LogP contribution in [0, 0.1) is 16.0 Å². The molecule has 1 aromatic carbocycles. The van der Waals surface area contributed by atoms with Crippen LogP contribution in [0.5, 0.6) is 0 Å². The normalized spacial score (nSPS) is 21.9. The summed E-state index contributed by atoms with van der Waals surface area (Å²) in [5.74, 6) is -0.313. The van der Waals surface area contributed by atoms with Crippen molar-refractivity contribution in [3.05, 3.63) is 46.5 Å². The molecule has 0 aromatic heterocycles. The van der Waals surface area contributed by atoms with Gasteiger partial charge in [-0.25, -0.2) is 0 Å². The molecule has 0 fully saturated rings. The number of carbonyl (C=O) groups is 1. The van der Waals surface area contributed by atoms with Crippen molar-refractivity contribution in [2.75, 3.05) is 5.32 Å². The first kappa shape index (κ1) is 12.3. The number of nitrogens with one attached hydrogen (secondary N) is 1. The summed E-state index contributed by atoms with van der Waals surface area (Å²) in [6.45, 7) is 5.50. The van der Waals surface area contributed by atoms with Crippen molar-refractivity contribution in [1.82, 2.24) is 0 Å². The lowest BCUT2D eigenvalue weighted by molar-refractivity contribution is -0.384. The molecule has 2 rings (SSSR count). The molecule has 1 aliphatic rings. The Kier molecular flexibility index (Phi) is 3.14. The molecule has 2 unspecified atom stereocenters. The second-order valence-corrected chi connectivity index (χ2v) is 4.44. The van der Waals surface area contributed by atoms with Crippen LogP contribution in [0.2, 0.25) is 0 Å². The van der Waals surface area contributed by atoms with Crippen molar-refractivity contribution >= 4 is 17.3 Å². The van der Waals surface area contributed by atoms with Gasteiger partial charge in [0.15, 0.2) is 0 Å². The number of allylic oxidation sites excluding steroid dienone is 1. The fourth-order valence-corrected chi connectivity index (χ4v) is 2.29. The largest absolute Gasteiger partial charge is 0.326 e. The lowest BCUT2D eigenvalue weighted by Crippen LogP contribution is -2.31. The number of amides is 1. The summed E-state index contributed by atoms with van der Waals surface area (Å²) in [6.07, 6.45) is 2.37. The Morgan fingerprint density at radius 3 is 2.89 bits per heavy atom. The highest BCUT2D eigenvalue weighted by Gasteiger charge is 2.32. The van der Waals surface area contributed by atoms with Crippen molar-refractivity contribution < 1.29 is 9.72 Å². The van der Waals surface area contributed by atoms with E-state index in [2.05, 4.69) is 11.9 Å². The zero-order chi connectivity index (χ0) is 13.3. The molecule has 0 saturated carbocycles. The first-order valence-electron chi connectivity index (χ1n) is 5.74. The van der Waals surface area contributed by atoms with Crippen LogP contribution < -0.4 is 5.32 Å². The molecule has 1 N–H and O–H groups in total. The van der Waals surface area contributed by atoms with E-state index in [0.717, 1.165) is 5.56 Å². The molecule has 0 aliphatic carbocycles. The van der Waals surface area contributed by atoms with E-state index in [1.165, 1.54) is 6.07 Å². The summed E-state index contributed by atoms with van der Waals surface area (Å²) in [5, 5.41) is 13.6. The maximum Gasteiger partial charge on any atom is 0.269 e. The first-order chi connectivity index (χ1) is 8.54. The van der Waals surface area contributed by atoms with Crippen LogP contribution >= 0.6 is 0 Å². The van der Waals surface area contributed by atoms with E-state index < -0.39 is 4.92 Å². The van der Waals surface area contributed by atoms with Crippen molar-refractivity contribution in [2.45, 2.75) is 19.3 Å². The lowest BCUT2D eigenvalue weighted by atomic mass is 9.80. The average Bonchev–Trinajstić information content (AvgIpc) is 2.34. The number of benzene rings is 1. The van der Waals surface area contributed by atoms with Crippen molar-refractivity contribution in [3.8, 4) is 0 Å². The third kappa shape index (κ3) is 1.99. The Hall–Kier alpha value is -2.17. The summed E-state index contributed by atoms with van der Waals surface area (Å²) in [5.41, 5.74) is 1.53. The molecule has 1 aliphatic heterocycles. The molecule has 1 amide bonds. The highest BCUT2D eigenvalue weighted by molar-refractivity contribution is 5.96. The standard InChI is InChI=1S/C13H14N2O3/c1-3-4-10-8(2)13(16)14-12-6-5-9(15(17)18)7-11(10)12/h3,5-8,10H,1,4H2,2H3,(H,14,16). The van der Waals surface area contributed by atoms with Crippen LogP contribution in [0.15, 0.2) is 30.9 Å². The monoisotopic (exact) mass is 246 g/mol. The number of nitro benzene ring substituents is 1.